The standard InChI is InChI=1S/C26H20BrNO6/c1-32-17-7-3-14(4-8-17)13-28-23(15-5-9-19(29)21(11-15)33-2)22-24(30)18-12-16(27)6-10-20(18)34-25(22)26(28)31/h3-12,23,29H,13H2,1-2H3/t23-/m1/s1. The molecule has 1 N–H and O–H groups in total. The molecule has 1 amide bonds. The fourth-order valence-electron chi connectivity index (χ4n) is 4.29. The lowest BCUT2D eigenvalue weighted by atomic mass is 9.97. The number of phenols is 1. The van der Waals surface area contributed by atoms with Crippen molar-refractivity contribution in [3.8, 4) is 17.2 Å². The molecule has 2 heterocycles. The molecule has 0 bridgehead atoms. The van der Waals surface area contributed by atoms with Crippen LogP contribution in [0, 0.1) is 0 Å². The first-order chi connectivity index (χ1) is 16.4. The summed E-state index contributed by atoms with van der Waals surface area (Å²) in [6, 6.07) is 16.6. The van der Waals surface area contributed by atoms with Crippen LogP contribution >= 0.6 is 15.9 Å². The quantitative estimate of drug-likeness (QED) is 0.396. The number of aromatic hydroxyl groups is 1. The molecule has 3 aromatic carbocycles. The average Bonchev–Trinajstić information content (AvgIpc) is 3.12. The molecule has 4 aromatic rings. The highest BCUT2D eigenvalue weighted by molar-refractivity contribution is 9.10. The number of hydrogen-bond acceptors (Lipinski definition) is 6. The van der Waals surface area contributed by atoms with Gasteiger partial charge in [0.05, 0.1) is 31.2 Å². The molecule has 7 nitrogen and oxygen atoms in total. The van der Waals surface area contributed by atoms with Gasteiger partial charge in [0.15, 0.2) is 16.9 Å². The number of carbonyl (C=O) groups is 1. The highest BCUT2D eigenvalue weighted by Crippen LogP contribution is 2.41. The third-order valence-corrected chi connectivity index (χ3v) is 6.45. The highest BCUT2D eigenvalue weighted by Gasteiger charge is 2.43. The number of phenolic OH excluding ortho intramolecular Hbond substituents is 1. The van der Waals surface area contributed by atoms with Gasteiger partial charge in [0, 0.05) is 11.0 Å². The third kappa shape index (κ3) is 3.60. The van der Waals surface area contributed by atoms with Gasteiger partial charge in [-0.05, 0) is 53.6 Å². The molecular formula is C26H20BrNO6. The Hall–Kier alpha value is -3.78. The Balaban J connectivity index is 1.71. The Morgan fingerprint density at radius 1 is 1.00 bits per heavy atom. The number of nitrogens with zero attached hydrogens (tertiary/aromatic N) is 1. The van der Waals surface area contributed by atoms with E-state index < -0.39 is 6.04 Å². The van der Waals surface area contributed by atoms with Gasteiger partial charge in [-0.15, -0.1) is 0 Å². The van der Waals surface area contributed by atoms with Crippen molar-refractivity contribution in [3.05, 3.63) is 97.8 Å². The summed E-state index contributed by atoms with van der Waals surface area (Å²) in [5, 5.41) is 10.5. The lowest BCUT2D eigenvalue weighted by Crippen LogP contribution is -2.29. The van der Waals surface area contributed by atoms with E-state index in [4.69, 9.17) is 13.9 Å². The Kier molecular flexibility index (Phi) is 5.53. The SMILES string of the molecule is COc1ccc(CN2C(=O)c3oc4ccc(Br)cc4c(=O)c3[C@H]2c2ccc(O)c(OC)c2)cc1. The molecule has 0 saturated heterocycles. The number of halogens is 1. The first-order valence-corrected chi connectivity index (χ1v) is 11.3. The summed E-state index contributed by atoms with van der Waals surface area (Å²) in [5.41, 5.74) is 1.81. The Bertz CT molecular complexity index is 1480. The molecule has 0 unspecified atom stereocenters. The summed E-state index contributed by atoms with van der Waals surface area (Å²) < 4.78 is 17.2. The zero-order valence-electron chi connectivity index (χ0n) is 18.4. The second-order valence-corrected chi connectivity index (χ2v) is 8.85. The fraction of sp³-hybridized carbons (Fsp3) is 0.154. The maximum absolute atomic E-state index is 13.6. The normalized spacial score (nSPS) is 15.0. The Labute approximate surface area is 203 Å². The molecule has 172 valence electrons. The highest BCUT2D eigenvalue weighted by atomic mass is 79.9. The molecule has 8 heteroatoms. The van der Waals surface area contributed by atoms with Gasteiger partial charge in [-0.25, -0.2) is 0 Å². The van der Waals surface area contributed by atoms with E-state index in [2.05, 4.69) is 15.9 Å². The smallest absolute Gasteiger partial charge is 0.291 e. The van der Waals surface area contributed by atoms with E-state index in [0.717, 1.165) is 10.0 Å². The van der Waals surface area contributed by atoms with Crippen molar-refractivity contribution < 1.29 is 23.8 Å². The van der Waals surface area contributed by atoms with Gasteiger partial charge in [0.1, 0.15) is 11.3 Å². The minimum Gasteiger partial charge on any atom is -0.504 e. The van der Waals surface area contributed by atoms with Crippen LogP contribution in [0.2, 0.25) is 0 Å². The summed E-state index contributed by atoms with van der Waals surface area (Å²) in [6.07, 6.45) is 0. The van der Waals surface area contributed by atoms with E-state index in [1.807, 2.05) is 24.3 Å². The lowest BCUT2D eigenvalue weighted by molar-refractivity contribution is 0.0714. The molecule has 34 heavy (non-hydrogen) atoms. The maximum Gasteiger partial charge on any atom is 0.291 e. The van der Waals surface area contributed by atoms with Crippen LogP contribution in [-0.2, 0) is 6.54 Å². The minimum atomic E-state index is -0.723. The van der Waals surface area contributed by atoms with Crippen molar-refractivity contribution in [2.45, 2.75) is 12.6 Å². The summed E-state index contributed by atoms with van der Waals surface area (Å²) in [7, 11) is 3.03. The molecule has 1 aliphatic heterocycles. The fourth-order valence-corrected chi connectivity index (χ4v) is 4.66. The van der Waals surface area contributed by atoms with E-state index in [1.54, 1.807) is 42.3 Å². The molecule has 0 fully saturated rings. The number of rotatable bonds is 5. The first-order valence-electron chi connectivity index (χ1n) is 10.5. The Morgan fingerprint density at radius 3 is 2.47 bits per heavy atom. The molecule has 0 radical (unpaired) electrons. The van der Waals surface area contributed by atoms with E-state index in [-0.39, 0.29) is 40.7 Å². The molecule has 5 rings (SSSR count). The van der Waals surface area contributed by atoms with Crippen LogP contribution in [0.5, 0.6) is 17.2 Å². The van der Waals surface area contributed by atoms with Crippen LogP contribution in [-0.4, -0.2) is 30.1 Å². The monoisotopic (exact) mass is 521 g/mol. The second kappa shape index (κ2) is 8.53. The lowest BCUT2D eigenvalue weighted by Gasteiger charge is -2.25. The molecule has 0 spiro atoms. The van der Waals surface area contributed by atoms with Gasteiger partial charge < -0.3 is 23.9 Å². The van der Waals surface area contributed by atoms with E-state index in [1.165, 1.54) is 13.2 Å². The third-order valence-electron chi connectivity index (χ3n) is 5.96. The molecule has 1 aliphatic rings. The van der Waals surface area contributed by atoms with Gasteiger partial charge in [-0.1, -0.05) is 34.1 Å². The van der Waals surface area contributed by atoms with E-state index >= 15 is 0 Å². The number of carbonyl (C=O) groups excluding carboxylic acids is 1. The molecular weight excluding hydrogens is 502 g/mol. The zero-order chi connectivity index (χ0) is 24.0. The molecule has 0 saturated carbocycles. The number of hydrogen-bond donors (Lipinski definition) is 1. The van der Waals surface area contributed by atoms with Crippen molar-refractivity contribution in [1.29, 1.82) is 0 Å². The van der Waals surface area contributed by atoms with Crippen LogP contribution in [0.1, 0.15) is 33.3 Å². The minimum absolute atomic E-state index is 0.0189. The van der Waals surface area contributed by atoms with Crippen LogP contribution in [0.3, 0.4) is 0 Å². The van der Waals surface area contributed by atoms with Crippen molar-refractivity contribution in [1.82, 2.24) is 4.90 Å². The topological polar surface area (TPSA) is 89.2 Å². The Morgan fingerprint density at radius 2 is 1.76 bits per heavy atom. The maximum atomic E-state index is 13.6. The number of ether oxygens (including phenoxy) is 2. The summed E-state index contributed by atoms with van der Waals surface area (Å²) in [4.78, 5) is 28.8. The summed E-state index contributed by atoms with van der Waals surface area (Å²) in [6.45, 7) is 0.236. The number of fused-ring (bicyclic) bond motifs is 2. The van der Waals surface area contributed by atoms with Crippen molar-refractivity contribution >= 4 is 32.8 Å². The van der Waals surface area contributed by atoms with Crippen LogP contribution < -0.4 is 14.9 Å². The largest absolute Gasteiger partial charge is 0.504 e. The number of benzene rings is 3. The van der Waals surface area contributed by atoms with Gasteiger partial charge in [0.25, 0.3) is 5.91 Å². The van der Waals surface area contributed by atoms with E-state index in [0.29, 0.717) is 22.3 Å². The van der Waals surface area contributed by atoms with Crippen LogP contribution in [0.25, 0.3) is 11.0 Å². The zero-order valence-corrected chi connectivity index (χ0v) is 20.0. The molecule has 1 aromatic heterocycles. The van der Waals surface area contributed by atoms with Gasteiger partial charge in [0.2, 0.25) is 5.76 Å². The van der Waals surface area contributed by atoms with Gasteiger partial charge >= 0.3 is 0 Å². The predicted molar refractivity (Wildman–Crippen MR) is 130 cm³/mol. The average molecular weight is 522 g/mol. The van der Waals surface area contributed by atoms with E-state index in [9.17, 15) is 14.7 Å². The molecule has 1 atom stereocenters. The second-order valence-electron chi connectivity index (χ2n) is 7.93. The number of methoxy groups -OCH3 is 2. The van der Waals surface area contributed by atoms with Crippen molar-refractivity contribution in [3.63, 3.8) is 0 Å². The van der Waals surface area contributed by atoms with Crippen LogP contribution in [0.4, 0.5) is 0 Å². The number of amides is 1. The van der Waals surface area contributed by atoms with Gasteiger partial charge in [-0.2, -0.15) is 0 Å². The van der Waals surface area contributed by atoms with Gasteiger partial charge in [-0.3, -0.25) is 9.59 Å². The summed E-state index contributed by atoms with van der Waals surface area (Å²) >= 11 is 3.40. The van der Waals surface area contributed by atoms with Crippen LogP contribution in [0.15, 0.2) is 74.3 Å². The first kappa shape index (κ1) is 22.0. The molecule has 0 aliphatic carbocycles. The van der Waals surface area contributed by atoms with Crippen molar-refractivity contribution in [2.24, 2.45) is 0 Å². The summed E-state index contributed by atoms with van der Waals surface area (Å²) in [5.74, 6) is 0.547. The predicted octanol–water partition coefficient (Wildman–Crippen LogP) is 5.02. The van der Waals surface area contributed by atoms with Crippen molar-refractivity contribution in [2.75, 3.05) is 14.2 Å².